The van der Waals surface area contributed by atoms with E-state index in [2.05, 4.69) is 20.3 Å². The number of hydrogen-bond donors (Lipinski definition) is 2. The first-order chi connectivity index (χ1) is 11.4. The number of rotatable bonds is 5. The highest BCUT2D eigenvalue weighted by Gasteiger charge is 2.12. The van der Waals surface area contributed by atoms with Crippen LogP contribution < -0.4 is 10.9 Å². The van der Waals surface area contributed by atoms with Gasteiger partial charge in [-0.3, -0.25) is 9.59 Å². The van der Waals surface area contributed by atoms with Crippen LogP contribution in [-0.2, 0) is 10.5 Å². The second-order valence-corrected chi connectivity index (χ2v) is 8.36. The zero-order valence-electron chi connectivity index (χ0n) is 13.4. The lowest BCUT2D eigenvalue weighted by Gasteiger charge is -2.02. The largest absolute Gasteiger partial charge is 0.309 e. The minimum atomic E-state index is -0.111. The molecule has 3 rings (SSSR count). The van der Waals surface area contributed by atoms with Gasteiger partial charge in [0.1, 0.15) is 10.7 Å². The van der Waals surface area contributed by atoms with Crippen molar-refractivity contribution in [1.82, 2.24) is 15.0 Å². The van der Waals surface area contributed by atoms with E-state index in [1.54, 1.807) is 0 Å². The van der Waals surface area contributed by atoms with Crippen LogP contribution in [0.15, 0.2) is 10.2 Å². The molecule has 1 amide bonds. The zero-order valence-corrected chi connectivity index (χ0v) is 15.9. The van der Waals surface area contributed by atoms with Crippen LogP contribution in [0.2, 0.25) is 0 Å². The number of carbonyl (C=O) groups is 1. The molecule has 0 saturated heterocycles. The molecule has 0 unspecified atom stereocenters. The number of nitrogens with zero attached hydrogens (tertiary/aromatic N) is 2. The number of thiophene rings is 1. The van der Waals surface area contributed by atoms with Crippen molar-refractivity contribution in [3.63, 3.8) is 0 Å². The van der Waals surface area contributed by atoms with Crippen molar-refractivity contribution in [3.8, 4) is 0 Å². The minimum absolute atomic E-state index is 0.111. The summed E-state index contributed by atoms with van der Waals surface area (Å²) in [6, 6.07) is 0. The number of thiazole rings is 1. The number of aromatic nitrogens is 3. The fourth-order valence-corrected chi connectivity index (χ4v) is 4.62. The van der Waals surface area contributed by atoms with Crippen molar-refractivity contribution >= 4 is 55.7 Å². The lowest BCUT2D eigenvalue weighted by Crippen LogP contribution is -2.15. The Morgan fingerprint density at radius 1 is 1.33 bits per heavy atom. The molecular formula is C15H16N4O2S3. The van der Waals surface area contributed by atoms with Crippen molar-refractivity contribution < 1.29 is 4.79 Å². The number of carbonyl (C=O) groups excluding carboxylic acids is 1. The maximum absolute atomic E-state index is 12.2. The van der Waals surface area contributed by atoms with Gasteiger partial charge in [-0.05, 0) is 26.3 Å². The fourth-order valence-electron chi connectivity index (χ4n) is 2.17. The maximum atomic E-state index is 12.2. The molecule has 24 heavy (non-hydrogen) atoms. The normalized spacial score (nSPS) is 11.1. The highest BCUT2D eigenvalue weighted by molar-refractivity contribution is 7.99. The highest BCUT2D eigenvalue weighted by atomic mass is 32.2. The Hall–Kier alpha value is -1.71. The van der Waals surface area contributed by atoms with E-state index in [-0.39, 0.29) is 17.2 Å². The van der Waals surface area contributed by atoms with E-state index in [4.69, 9.17) is 0 Å². The van der Waals surface area contributed by atoms with Crippen LogP contribution in [0.5, 0.6) is 0 Å². The minimum Gasteiger partial charge on any atom is -0.309 e. The molecule has 0 aliphatic carbocycles. The number of aryl methyl sites for hydroxylation is 3. The molecule has 0 bridgehead atoms. The Kier molecular flexibility index (Phi) is 5.02. The summed E-state index contributed by atoms with van der Waals surface area (Å²) in [7, 11) is 0. The van der Waals surface area contributed by atoms with Gasteiger partial charge >= 0.3 is 0 Å². The fraction of sp³-hybridized carbons (Fsp3) is 0.333. The molecule has 0 aliphatic rings. The monoisotopic (exact) mass is 380 g/mol. The van der Waals surface area contributed by atoms with Crippen molar-refractivity contribution in [3.05, 3.63) is 37.7 Å². The molecule has 3 aromatic rings. The van der Waals surface area contributed by atoms with Gasteiger partial charge in [-0.15, -0.1) is 34.4 Å². The molecule has 0 fully saturated rings. The second-order valence-electron chi connectivity index (χ2n) is 5.31. The number of aromatic amines is 1. The average molecular weight is 381 g/mol. The lowest BCUT2D eigenvalue weighted by atomic mass is 10.2. The molecule has 126 valence electrons. The first kappa shape index (κ1) is 17.1. The SMILES string of the molecule is Cc1csc(NC(=O)CSCc2nc3sc(C)c(C)c3c(=O)[nH]2)n1. The summed E-state index contributed by atoms with van der Waals surface area (Å²) in [5, 5.41) is 5.92. The van der Waals surface area contributed by atoms with E-state index in [1.165, 1.54) is 34.4 Å². The average Bonchev–Trinajstić information content (AvgIpc) is 3.03. The molecule has 0 saturated carbocycles. The third kappa shape index (κ3) is 3.68. The van der Waals surface area contributed by atoms with Crippen molar-refractivity contribution in [2.45, 2.75) is 26.5 Å². The van der Waals surface area contributed by atoms with Crippen molar-refractivity contribution in [2.75, 3.05) is 11.1 Å². The molecule has 3 heterocycles. The van der Waals surface area contributed by atoms with Crippen LogP contribution in [0.25, 0.3) is 10.2 Å². The van der Waals surface area contributed by atoms with Crippen molar-refractivity contribution in [1.29, 1.82) is 0 Å². The van der Waals surface area contributed by atoms with Crippen LogP contribution in [0.3, 0.4) is 0 Å². The molecule has 0 atom stereocenters. The van der Waals surface area contributed by atoms with Gasteiger partial charge in [-0.1, -0.05) is 0 Å². The number of hydrogen-bond acceptors (Lipinski definition) is 7. The summed E-state index contributed by atoms with van der Waals surface area (Å²) >= 11 is 4.33. The molecule has 2 N–H and O–H groups in total. The Morgan fingerprint density at radius 2 is 2.12 bits per heavy atom. The van der Waals surface area contributed by atoms with Crippen LogP contribution in [0.4, 0.5) is 5.13 Å². The van der Waals surface area contributed by atoms with E-state index >= 15 is 0 Å². The summed E-state index contributed by atoms with van der Waals surface area (Å²) in [5.74, 6) is 1.24. The third-order valence-corrected chi connectivity index (χ3v) is 6.35. The van der Waals surface area contributed by atoms with E-state index in [1.807, 2.05) is 26.2 Å². The lowest BCUT2D eigenvalue weighted by molar-refractivity contribution is -0.113. The third-order valence-electron chi connectivity index (χ3n) is 3.43. The molecule has 6 nitrogen and oxygen atoms in total. The molecule has 0 aromatic carbocycles. The van der Waals surface area contributed by atoms with Crippen LogP contribution in [0.1, 0.15) is 22.0 Å². The first-order valence-electron chi connectivity index (χ1n) is 7.22. The summed E-state index contributed by atoms with van der Waals surface area (Å²) < 4.78 is 0. The molecule has 0 radical (unpaired) electrons. The smallest absolute Gasteiger partial charge is 0.259 e. The summed E-state index contributed by atoms with van der Waals surface area (Å²) in [6.45, 7) is 5.80. The van der Waals surface area contributed by atoms with Gasteiger partial charge in [0.25, 0.3) is 5.56 Å². The molecule has 0 aliphatic heterocycles. The number of anilines is 1. The molecule has 3 aromatic heterocycles. The van der Waals surface area contributed by atoms with E-state index in [9.17, 15) is 9.59 Å². The van der Waals surface area contributed by atoms with Gasteiger partial charge in [-0.2, -0.15) is 0 Å². The quantitative estimate of drug-likeness (QED) is 0.709. The maximum Gasteiger partial charge on any atom is 0.259 e. The van der Waals surface area contributed by atoms with E-state index < -0.39 is 0 Å². The van der Waals surface area contributed by atoms with E-state index in [0.717, 1.165) is 21.0 Å². The number of amides is 1. The predicted octanol–water partition coefficient (Wildman–Crippen LogP) is 3.24. The van der Waals surface area contributed by atoms with Gasteiger partial charge in [0, 0.05) is 10.3 Å². The predicted molar refractivity (Wildman–Crippen MR) is 101 cm³/mol. The number of thioether (sulfide) groups is 1. The van der Waals surface area contributed by atoms with E-state index in [0.29, 0.717) is 22.1 Å². The summed E-state index contributed by atoms with van der Waals surface area (Å²) in [4.78, 5) is 37.4. The zero-order chi connectivity index (χ0) is 17.3. The molecule has 0 spiro atoms. The Morgan fingerprint density at radius 3 is 2.83 bits per heavy atom. The second kappa shape index (κ2) is 7.04. The van der Waals surface area contributed by atoms with Crippen LogP contribution in [-0.4, -0.2) is 26.6 Å². The van der Waals surface area contributed by atoms with Gasteiger partial charge in [0.15, 0.2) is 5.13 Å². The number of H-pyrrole nitrogens is 1. The van der Waals surface area contributed by atoms with Gasteiger partial charge in [-0.25, -0.2) is 9.97 Å². The number of nitrogens with one attached hydrogen (secondary N) is 2. The van der Waals surface area contributed by atoms with Gasteiger partial charge in [0.2, 0.25) is 5.91 Å². The number of fused-ring (bicyclic) bond motifs is 1. The molecule has 9 heteroatoms. The van der Waals surface area contributed by atoms with Gasteiger partial charge < -0.3 is 10.3 Å². The molecular weight excluding hydrogens is 364 g/mol. The van der Waals surface area contributed by atoms with Crippen LogP contribution in [0, 0.1) is 20.8 Å². The topological polar surface area (TPSA) is 87.7 Å². The highest BCUT2D eigenvalue weighted by Crippen LogP contribution is 2.26. The summed E-state index contributed by atoms with van der Waals surface area (Å²) in [5.41, 5.74) is 1.76. The Bertz CT molecular complexity index is 957. The Labute approximate surface area is 150 Å². The Balaban J connectivity index is 1.61. The van der Waals surface area contributed by atoms with Crippen molar-refractivity contribution in [2.24, 2.45) is 0 Å². The standard InChI is InChI=1S/C15H16N4O2S3/c1-7-4-23-15(16-7)19-11(20)6-22-5-10-17-13(21)12-8(2)9(3)24-14(12)18-10/h4H,5-6H2,1-3H3,(H,16,19,20)(H,17,18,21). The first-order valence-corrected chi connectivity index (χ1v) is 10.1. The van der Waals surface area contributed by atoms with Gasteiger partial charge in [0.05, 0.1) is 22.6 Å². The van der Waals surface area contributed by atoms with Crippen LogP contribution >= 0.6 is 34.4 Å². The summed E-state index contributed by atoms with van der Waals surface area (Å²) in [6.07, 6.45) is 0.